The van der Waals surface area contributed by atoms with E-state index in [2.05, 4.69) is 4.98 Å². The van der Waals surface area contributed by atoms with Crippen LogP contribution in [-0.2, 0) is 6.18 Å². The van der Waals surface area contributed by atoms with Crippen LogP contribution in [0.2, 0.25) is 10.0 Å². The third kappa shape index (κ3) is 2.77. The Morgan fingerprint density at radius 3 is 2.37 bits per heavy atom. The highest BCUT2D eigenvalue weighted by Crippen LogP contribution is 2.42. The molecule has 0 bridgehead atoms. The summed E-state index contributed by atoms with van der Waals surface area (Å²) >= 11 is 11.7. The minimum Gasteiger partial charge on any atom is -0.505 e. The number of hydrogen-bond donors (Lipinski definition) is 1. The van der Waals surface area contributed by atoms with E-state index in [9.17, 15) is 18.3 Å². The topological polar surface area (TPSA) is 33.1 Å². The quantitative estimate of drug-likeness (QED) is 0.822. The minimum atomic E-state index is -4.74. The first-order valence-corrected chi connectivity index (χ1v) is 5.77. The lowest BCUT2D eigenvalue weighted by atomic mass is 10.0. The molecule has 100 valence electrons. The summed E-state index contributed by atoms with van der Waals surface area (Å²) < 4.78 is 37.9. The summed E-state index contributed by atoms with van der Waals surface area (Å²) in [5.41, 5.74) is -1.23. The Morgan fingerprint density at radius 2 is 1.74 bits per heavy atom. The Hall–Kier alpha value is -1.46. The first-order valence-electron chi connectivity index (χ1n) is 5.01. The molecule has 1 heterocycles. The van der Waals surface area contributed by atoms with Gasteiger partial charge in [0.15, 0.2) is 11.4 Å². The van der Waals surface area contributed by atoms with Crippen molar-refractivity contribution in [3.8, 4) is 16.9 Å². The van der Waals surface area contributed by atoms with Crippen LogP contribution >= 0.6 is 23.2 Å². The number of rotatable bonds is 1. The van der Waals surface area contributed by atoms with Crippen molar-refractivity contribution in [3.63, 3.8) is 0 Å². The molecule has 0 fully saturated rings. The van der Waals surface area contributed by atoms with Crippen molar-refractivity contribution >= 4 is 23.2 Å². The second-order valence-corrected chi connectivity index (χ2v) is 4.52. The van der Waals surface area contributed by atoms with E-state index in [4.69, 9.17) is 23.2 Å². The van der Waals surface area contributed by atoms with Gasteiger partial charge in [0.25, 0.3) is 0 Å². The van der Waals surface area contributed by atoms with E-state index in [0.29, 0.717) is 5.02 Å². The highest BCUT2D eigenvalue weighted by molar-refractivity contribution is 6.35. The van der Waals surface area contributed by atoms with Gasteiger partial charge in [-0.2, -0.15) is 13.2 Å². The van der Waals surface area contributed by atoms with Gasteiger partial charge in [-0.25, -0.2) is 4.98 Å². The molecule has 0 amide bonds. The van der Waals surface area contributed by atoms with Gasteiger partial charge in [-0.1, -0.05) is 23.2 Å². The molecule has 0 spiro atoms. The van der Waals surface area contributed by atoms with E-state index in [-0.39, 0.29) is 16.1 Å². The Morgan fingerprint density at radius 1 is 1.05 bits per heavy atom. The number of hydrogen-bond acceptors (Lipinski definition) is 2. The fraction of sp³-hybridized carbons (Fsp3) is 0.0833. The minimum absolute atomic E-state index is 0.0742. The third-order valence-electron chi connectivity index (χ3n) is 2.41. The molecule has 2 nitrogen and oxygen atoms in total. The van der Waals surface area contributed by atoms with Crippen LogP contribution < -0.4 is 0 Å². The summed E-state index contributed by atoms with van der Waals surface area (Å²) in [7, 11) is 0. The molecule has 2 aromatic rings. The highest BCUT2D eigenvalue weighted by Gasteiger charge is 2.37. The van der Waals surface area contributed by atoms with E-state index in [1.54, 1.807) is 0 Å². The molecule has 0 saturated carbocycles. The lowest BCUT2D eigenvalue weighted by molar-refractivity contribution is -0.142. The third-order valence-corrected chi connectivity index (χ3v) is 2.98. The summed E-state index contributed by atoms with van der Waals surface area (Å²) in [6, 6.07) is 5.55. The molecule has 1 N–H and O–H groups in total. The number of aromatic hydroxyl groups is 1. The molecular weight excluding hydrogens is 302 g/mol. The summed E-state index contributed by atoms with van der Waals surface area (Å²) in [5.74, 6) is -0.973. The Bertz CT molecular complexity index is 629. The average Bonchev–Trinajstić information content (AvgIpc) is 2.31. The molecule has 0 radical (unpaired) electrons. The Balaban J connectivity index is 2.67. The second-order valence-electron chi connectivity index (χ2n) is 3.68. The van der Waals surface area contributed by atoms with Gasteiger partial charge in [0.1, 0.15) is 0 Å². The van der Waals surface area contributed by atoms with E-state index in [1.165, 1.54) is 24.3 Å². The first kappa shape index (κ1) is 14.0. The van der Waals surface area contributed by atoms with Crippen molar-refractivity contribution in [1.29, 1.82) is 0 Å². The van der Waals surface area contributed by atoms with Crippen LogP contribution in [0.25, 0.3) is 11.1 Å². The van der Waals surface area contributed by atoms with Gasteiger partial charge >= 0.3 is 6.18 Å². The lowest BCUT2D eigenvalue weighted by Gasteiger charge is -2.12. The van der Waals surface area contributed by atoms with Crippen molar-refractivity contribution in [2.24, 2.45) is 0 Å². The van der Waals surface area contributed by atoms with E-state index < -0.39 is 17.6 Å². The van der Waals surface area contributed by atoms with Crippen LogP contribution in [0.1, 0.15) is 5.69 Å². The summed E-state index contributed by atoms with van der Waals surface area (Å²) in [6.07, 6.45) is -3.79. The van der Waals surface area contributed by atoms with Gasteiger partial charge in [0.2, 0.25) is 0 Å². The van der Waals surface area contributed by atoms with Gasteiger partial charge in [-0.15, -0.1) is 0 Å². The maximum atomic E-state index is 12.6. The molecule has 1 aromatic heterocycles. The number of alkyl halides is 3. The molecule has 0 aliphatic carbocycles. The van der Waals surface area contributed by atoms with Crippen molar-refractivity contribution in [2.75, 3.05) is 0 Å². The largest absolute Gasteiger partial charge is 0.505 e. The number of aromatic nitrogens is 1. The van der Waals surface area contributed by atoms with Crippen LogP contribution in [0.3, 0.4) is 0 Å². The standard InChI is InChI=1S/C12H6Cl2F3NO/c13-6-1-2-9(14)8(5-6)7-3-4-18-11(10(7)19)12(15,16)17/h1-5,19H. The molecule has 0 aliphatic heterocycles. The Kier molecular flexibility index (Phi) is 3.60. The van der Waals surface area contributed by atoms with Gasteiger partial charge in [-0.3, -0.25) is 0 Å². The SMILES string of the molecule is Oc1c(-c2cc(Cl)ccc2Cl)ccnc1C(F)(F)F. The first-order chi connectivity index (χ1) is 8.80. The molecule has 19 heavy (non-hydrogen) atoms. The van der Waals surface area contributed by atoms with E-state index in [1.807, 2.05) is 0 Å². The molecule has 0 unspecified atom stereocenters. The van der Waals surface area contributed by atoms with Crippen LogP contribution in [0.5, 0.6) is 5.75 Å². The summed E-state index contributed by atoms with van der Waals surface area (Å²) in [6.45, 7) is 0. The summed E-state index contributed by atoms with van der Waals surface area (Å²) in [5, 5.41) is 10.2. The molecule has 0 aliphatic rings. The zero-order chi connectivity index (χ0) is 14.2. The van der Waals surface area contributed by atoms with Crippen molar-refractivity contribution in [3.05, 3.63) is 46.2 Å². The monoisotopic (exact) mass is 307 g/mol. The molecule has 1 aromatic carbocycles. The maximum Gasteiger partial charge on any atom is 0.437 e. The van der Waals surface area contributed by atoms with Gasteiger partial charge in [-0.05, 0) is 24.3 Å². The fourth-order valence-electron chi connectivity index (χ4n) is 1.58. The fourth-order valence-corrected chi connectivity index (χ4v) is 1.97. The number of halogens is 5. The Labute approximate surface area is 116 Å². The smallest absolute Gasteiger partial charge is 0.437 e. The summed E-state index contributed by atoms with van der Waals surface area (Å²) in [4.78, 5) is 3.14. The molecule has 2 rings (SSSR count). The van der Waals surface area contributed by atoms with Crippen molar-refractivity contribution in [2.45, 2.75) is 6.18 Å². The van der Waals surface area contributed by atoms with Crippen LogP contribution in [-0.4, -0.2) is 10.1 Å². The molecular formula is C12H6Cl2F3NO. The zero-order valence-corrected chi connectivity index (χ0v) is 10.7. The molecule has 0 saturated heterocycles. The number of benzene rings is 1. The average molecular weight is 308 g/mol. The van der Waals surface area contributed by atoms with Crippen LogP contribution in [0.4, 0.5) is 13.2 Å². The predicted octanol–water partition coefficient (Wildman–Crippen LogP) is 4.78. The van der Waals surface area contributed by atoms with E-state index >= 15 is 0 Å². The predicted molar refractivity (Wildman–Crippen MR) is 66.4 cm³/mol. The van der Waals surface area contributed by atoms with Gasteiger partial charge in [0, 0.05) is 27.4 Å². The number of pyridine rings is 1. The maximum absolute atomic E-state index is 12.6. The van der Waals surface area contributed by atoms with Crippen LogP contribution in [0, 0.1) is 0 Å². The molecule has 7 heteroatoms. The lowest BCUT2D eigenvalue weighted by Crippen LogP contribution is -2.08. The number of nitrogens with zero attached hydrogens (tertiary/aromatic N) is 1. The van der Waals surface area contributed by atoms with Crippen molar-refractivity contribution < 1.29 is 18.3 Å². The van der Waals surface area contributed by atoms with Crippen LogP contribution in [0.15, 0.2) is 30.5 Å². The van der Waals surface area contributed by atoms with Gasteiger partial charge in [0.05, 0.1) is 0 Å². The highest BCUT2D eigenvalue weighted by atomic mass is 35.5. The van der Waals surface area contributed by atoms with E-state index in [0.717, 1.165) is 6.20 Å². The van der Waals surface area contributed by atoms with Crippen molar-refractivity contribution in [1.82, 2.24) is 4.98 Å². The normalized spacial score (nSPS) is 11.6. The zero-order valence-electron chi connectivity index (χ0n) is 9.17. The van der Waals surface area contributed by atoms with Gasteiger partial charge < -0.3 is 5.11 Å². The second kappa shape index (κ2) is 4.90. The molecule has 0 atom stereocenters.